The predicted molar refractivity (Wildman–Crippen MR) is 122 cm³/mol. The number of hydrogen-bond acceptors (Lipinski definition) is 7. The molecule has 2 heterocycles. The van der Waals surface area contributed by atoms with Crippen LogP contribution in [0.4, 0.5) is 13.9 Å². The van der Waals surface area contributed by atoms with E-state index in [2.05, 4.69) is 4.98 Å². The molecule has 2 aromatic carbocycles. The van der Waals surface area contributed by atoms with Crippen molar-refractivity contribution in [3.05, 3.63) is 64.7 Å². The number of sulfonamides is 1. The Morgan fingerprint density at radius 3 is 2.27 bits per heavy atom. The molecule has 3 aromatic rings. The number of rotatable bonds is 7. The predicted octanol–water partition coefficient (Wildman–Crippen LogP) is 3.54. The van der Waals surface area contributed by atoms with Crippen LogP contribution in [0.2, 0.25) is 0 Å². The molecule has 0 saturated carbocycles. The fraction of sp³-hybridized carbons (Fsp3) is 0.318. The molecule has 1 aliphatic rings. The first kappa shape index (κ1) is 23.4. The maximum atomic E-state index is 13.4. The Labute approximate surface area is 195 Å². The standard InChI is InChI=1S/C22H23F2N3O4S2/c1-30-20-4-3-19(13-21(20)31-2)33(28,29)27-7-5-26(6-8-27)22-25-18(14-32-22)11-15-9-16(23)12-17(24)10-15/h3-4,9-10,12-14H,5-8,11H2,1-2H3. The fourth-order valence-electron chi connectivity index (χ4n) is 3.69. The lowest BCUT2D eigenvalue weighted by Gasteiger charge is -2.33. The second-order valence-electron chi connectivity index (χ2n) is 7.48. The van der Waals surface area contributed by atoms with Crippen LogP contribution in [-0.2, 0) is 16.4 Å². The minimum atomic E-state index is -3.69. The molecule has 11 heteroatoms. The van der Waals surface area contributed by atoms with E-state index in [9.17, 15) is 17.2 Å². The first-order valence-electron chi connectivity index (χ1n) is 10.2. The number of hydrogen-bond donors (Lipinski definition) is 0. The number of thiazole rings is 1. The van der Waals surface area contributed by atoms with E-state index in [1.54, 1.807) is 6.07 Å². The highest BCUT2D eigenvalue weighted by molar-refractivity contribution is 7.89. The van der Waals surface area contributed by atoms with Gasteiger partial charge >= 0.3 is 0 Å². The molecular formula is C22H23F2N3O4S2. The third-order valence-electron chi connectivity index (χ3n) is 5.35. The second-order valence-corrected chi connectivity index (χ2v) is 10.3. The van der Waals surface area contributed by atoms with Gasteiger partial charge in [-0.3, -0.25) is 0 Å². The maximum Gasteiger partial charge on any atom is 0.243 e. The fourth-order valence-corrected chi connectivity index (χ4v) is 6.01. The maximum absolute atomic E-state index is 13.4. The Balaban J connectivity index is 1.42. The Hall–Kier alpha value is -2.76. The number of nitrogens with zero attached hydrogens (tertiary/aromatic N) is 3. The summed E-state index contributed by atoms with van der Waals surface area (Å²) in [6, 6.07) is 7.96. The first-order valence-corrected chi connectivity index (χ1v) is 12.5. The molecule has 1 saturated heterocycles. The molecule has 33 heavy (non-hydrogen) atoms. The van der Waals surface area contributed by atoms with Crippen molar-refractivity contribution in [2.45, 2.75) is 11.3 Å². The van der Waals surface area contributed by atoms with Crippen LogP contribution in [0.3, 0.4) is 0 Å². The minimum absolute atomic E-state index is 0.146. The van der Waals surface area contributed by atoms with Gasteiger partial charge in [0.2, 0.25) is 10.0 Å². The molecule has 1 aliphatic heterocycles. The first-order chi connectivity index (χ1) is 15.8. The van der Waals surface area contributed by atoms with E-state index in [-0.39, 0.29) is 4.90 Å². The Morgan fingerprint density at radius 2 is 1.64 bits per heavy atom. The van der Waals surface area contributed by atoms with Gasteiger partial charge in [0.25, 0.3) is 0 Å². The Bertz CT molecular complexity index is 1220. The average molecular weight is 496 g/mol. The third-order valence-corrected chi connectivity index (χ3v) is 8.19. The molecule has 7 nitrogen and oxygen atoms in total. The van der Waals surface area contributed by atoms with Crippen molar-refractivity contribution in [1.82, 2.24) is 9.29 Å². The SMILES string of the molecule is COc1ccc(S(=O)(=O)N2CCN(c3nc(Cc4cc(F)cc(F)c4)cs3)CC2)cc1OC. The van der Waals surface area contributed by atoms with Crippen LogP contribution >= 0.6 is 11.3 Å². The largest absolute Gasteiger partial charge is 0.493 e. The monoisotopic (exact) mass is 495 g/mol. The van der Waals surface area contributed by atoms with E-state index < -0.39 is 21.7 Å². The van der Waals surface area contributed by atoms with Crippen molar-refractivity contribution in [2.24, 2.45) is 0 Å². The lowest BCUT2D eigenvalue weighted by molar-refractivity contribution is 0.353. The molecule has 0 bridgehead atoms. The van der Waals surface area contributed by atoms with Gasteiger partial charge in [-0.05, 0) is 29.8 Å². The summed E-state index contributed by atoms with van der Waals surface area (Å²) in [7, 11) is -0.736. The highest BCUT2D eigenvalue weighted by atomic mass is 32.2. The van der Waals surface area contributed by atoms with E-state index in [0.717, 1.165) is 11.2 Å². The van der Waals surface area contributed by atoms with Gasteiger partial charge in [-0.2, -0.15) is 4.31 Å². The molecule has 0 aliphatic carbocycles. The zero-order chi connectivity index (χ0) is 23.6. The lowest BCUT2D eigenvalue weighted by atomic mass is 10.1. The van der Waals surface area contributed by atoms with Gasteiger partial charge < -0.3 is 14.4 Å². The van der Waals surface area contributed by atoms with Gasteiger partial charge in [0, 0.05) is 50.1 Å². The number of methoxy groups -OCH3 is 2. The highest BCUT2D eigenvalue weighted by Crippen LogP contribution is 2.31. The van der Waals surface area contributed by atoms with Crippen LogP contribution in [0.15, 0.2) is 46.7 Å². The van der Waals surface area contributed by atoms with Crippen molar-refractivity contribution in [3.8, 4) is 11.5 Å². The van der Waals surface area contributed by atoms with Crippen LogP contribution in [-0.4, -0.2) is 58.1 Å². The molecule has 0 radical (unpaired) electrons. The van der Waals surface area contributed by atoms with E-state index in [0.29, 0.717) is 55.4 Å². The quantitative estimate of drug-likeness (QED) is 0.499. The molecule has 1 aromatic heterocycles. The normalized spacial score (nSPS) is 15.0. The van der Waals surface area contributed by atoms with Crippen LogP contribution in [0.1, 0.15) is 11.3 Å². The number of ether oxygens (including phenoxy) is 2. The molecule has 0 amide bonds. The summed E-state index contributed by atoms with van der Waals surface area (Å²) in [4.78, 5) is 6.74. The summed E-state index contributed by atoms with van der Waals surface area (Å²) in [5.74, 6) is -0.424. The van der Waals surface area contributed by atoms with Gasteiger partial charge in [0.15, 0.2) is 16.6 Å². The van der Waals surface area contributed by atoms with Crippen molar-refractivity contribution in [1.29, 1.82) is 0 Å². The molecule has 4 rings (SSSR count). The molecule has 1 fully saturated rings. The number of aromatic nitrogens is 1. The molecule has 0 unspecified atom stereocenters. The smallest absolute Gasteiger partial charge is 0.243 e. The van der Waals surface area contributed by atoms with Crippen LogP contribution in [0, 0.1) is 11.6 Å². The molecule has 0 N–H and O–H groups in total. The summed E-state index contributed by atoms with van der Waals surface area (Å²) >= 11 is 1.43. The van der Waals surface area contributed by atoms with E-state index in [1.807, 2.05) is 10.3 Å². The van der Waals surface area contributed by atoms with Gasteiger partial charge in [0.05, 0.1) is 24.8 Å². The van der Waals surface area contributed by atoms with Crippen LogP contribution in [0.5, 0.6) is 11.5 Å². The lowest BCUT2D eigenvalue weighted by Crippen LogP contribution is -2.48. The van der Waals surface area contributed by atoms with Crippen molar-refractivity contribution in [3.63, 3.8) is 0 Å². The second kappa shape index (κ2) is 9.62. The minimum Gasteiger partial charge on any atom is -0.493 e. The summed E-state index contributed by atoms with van der Waals surface area (Å²) < 4.78 is 64.9. The van der Waals surface area contributed by atoms with Gasteiger partial charge in [-0.25, -0.2) is 22.2 Å². The summed E-state index contributed by atoms with van der Waals surface area (Å²) in [5, 5.41) is 2.61. The van der Waals surface area contributed by atoms with Crippen LogP contribution in [0.25, 0.3) is 0 Å². The molecule has 0 spiro atoms. The van der Waals surface area contributed by atoms with E-state index in [4.69, 9.17) is 9.47 Å². The molecule has 0 atom stereocenters. The number of benzene rings is 2. The van der Waals surface area contributed by atoms with Crippen molar-refractivity contribution < 1.29 is 26.7 Å². The average Bonchev–Trinajstić information content (AvgIpc) is 3.26. The Morgan fingerprint density at radius 1 is 0.970 bits per heavy atom. The summed E-state index contributed by atoms with van der Waals surface area (Å²) in [6.45, 7) is 1.57. The zero-order valence-corrected chi connectivity index (χ0v) is 19.8. The number of anilines is 1. The van der Waals surface area contributed by atoms with Crippen molar-refractivity contribution >= 4 is 26.5 Å². The zero-order valence-electron chi connectivity index (χ0n) is 18.1. The Kier molecular flexibility index (Phi) is 6.82. The summed E-state index contributed by atoms with van der Waals surface area (Å²) in [5.41, 5.74) is 1.22. The van der Waals surface area contributed by atoms with E-state index >= 15 is 0 Å². The van der Waals surface area contributed by atoms with Gasteiger partial charge in [-0.1, -0.05) is 0 Å². The number of piperazine rings is 1. The molecular weight excluding hydrogens is 472 g/mol. The van der Waals surface area contributed by atoms with Crippen molar-refractivity contribution in [2.75, 3.05) is 45.3 Å². The third kappa shape index (κ3) is 5.10. The number of halogens is 2. The molecule has 176 valence electrons. The highest BCUT2D eigenvalue weighted by Gasteiger charge is 2.30. The van der Waals surface area contributed by atoms with Gasteiger partial charge in [-0.15, -0.1) is 11.3 Å². The summed E-state index contributed by atoms with van der Waals surface area (Å²) in [6.07, 6.45) is 0.318. The van der Waals surface area contributed by atoms with Crippen LogP contribution < -0.4 is 14.4 Å². The van der Waals surface area contributed by atoms with E-state index in [1.165, 1.54) is 54.1 Å². The topological polar surface area (TPSA) is 72.0 Å². The van der Waals surface area contributed by atoms with Gasteiger partial charge in [0.1, 0.15) is 11.6 Å².